The van der Waals surface area contributed by atoms with Crippen molar-refractivity contribution in [2.45, 2.75) is 72.7 Å². The van der Waals surface area contributed by atoms with Crippen LogP contribution in [-0.4, -0.2) is 28.2 Å². The summed E-state index contributed by atoms with van der Waals surface area (Å²) in [4.78, 5) is 15.1. The summed E-state index contributed by atoms with van der Waals surface area (Å²) >= 11 is 1.60. The molecule has 2 aliphatic rings. The molecule has 1 amide bonds. The van der Waals surface area contributed by atoms with Gasteiger partial charge in [-0.2, -0.15) is 0 Å². The normalized spacial score (nSPS) is 40.1. The number of hydrogen-bond donors (Lipinski definition) is 1. The Balaban J connectivity index is 2.16. The van der Waals surface area contributed by atoms with Crippen molar-refractivity contribution in [1.29, 1.82) is 0 Å². The third kappa shape index (κ3) is 3.46. The van der Waals surface area contributed by atoms with E-state index in [0.29, 0.717) is 18.7 Å². The van der Waals surface area contributed by atoms with Crippen LogP contribution in [0.2, 0.25) is 0 Å². The molecule has 1 aliphatic carbocycles. The van der Waals surface area contributed by atoms with Gasteiger partial charge in [0.1, 0.15) is 0 Å². The van der Waals surface area contributed by atoms with Crippen molar-refractivity contribution in [3.63, 3.8) is 0 Å². The number of nitrogens with one attached hydrogen (secondary N) is 1. The number of halogens is 2. The molecule has 2 rings (SSSR count). The van der Waals surface area contributed by atoms with Crippen molar-refractivity contribution >= 4 is 48.3 Å². The van der Waals surface area contributed by atoms with Crippen molar-refractivity contribution in [1.82, 2.24) is 5.32 Å². The van der Waals surface area contributed by atoms with Crippen molar-refractivity contribution in [2.24, 2.45) is 5.41 Å². The van der Waals surface area contributed by atoms with Crippen molar-refractivity contribution in [3.8, 4) is 0 Å². The van der Waals surface area contributed by atoms with E-state index in [2.05, 4.69) is 60.5 Å². The Hall–Kier alpha value is 0.930. The Morgan fingerprint density at radius 1 is 1.30 bits per heavy atom. The fraction of sp³-hybridized carbons (Fsp3) is 0.938. The van der Waals surface area contributed by atoms with Gasteiger partial charge >= 0.3 is 146 Å². The molecule has 1 saturated heterocycles. The van der Waals surface area contributed by atoms with Gasteiger partial charge in [0, 0.05) is 0 Å². The first kappa shape index (κ1) is 17.3. The minimum absolute atomic E-state index is 0.0968. The Labute approximate surface area is 145 Å². The van der Waals surface area contributed by atoms with Gasteiger partial charge in [-0.1, -0.05) is 0 Å². The van der Waals surface area contributed by atoms with Gasteiger partial charge in [-0.05, 0) is 0 Å². The second-order valence-electron chi connectivity index (χ2n) is 7.92. The van der Waals surface area contributed by atoms with Crippen molar-refractivity contribution in [2.75, 3.05) is 9.36 Å². The van der Waals surface area contributed by atoms with Gasteiger partial charge in [0.2, 0.25) is 0 Å². The second-order valence-corrected chi connectivity index (χ2v) is 15.9. The summed E-state index contributed by atoms with van der Waals surface area (Å²) in [6.45, 7) is 8.73. The zero-order chi connectivity index (χ0) is 15.2. The molecule has 0 aromatic heterocycles. The van der Waals surface area contributed by atoms with Crippen LogP contribution in [0.25, 0.3) is 0 Å². The summed E-state index contributed by atoms with van der Waals surface area (Å²) in [6, 6.07) is 0. The standard InChI is InChI=1S/C16H29I2NO/c1-14(2,3)19-13(20)12-10-15(4)8-6-7-9-16(15,17)11-18(12)5/h12H,6-11H2,1-5H3,(H,19,20)/t12-,15-,16-/m0/s1. The van der Waals surface area contributed by atoms with Crippen LogP contribution < -0.4 is 5.32 Å². The molecule has 0 radical (unpaired) electrons. The van der Waals surface area contributed by atoms with Gasteiger partial charge in [0.25, 0.3) is 0 Å². The van der Waals surface area contributed by atoms with Crippen molar-refractivity contribution < 1.29 is 4.79 Å². The van der Waals surface area contributed by atoms with Crippen LogP contribution >= 0.6 is 42.4 Å². The SMILES string of the molecule is CI1C[C@@]2(I)CCCC[C@@]2(C)C[C@H]1C(=O)NC(C)(C)C. The molecule has 0 bridgehead atoms. The minimum atomic E-state index is -1.17. The molecule has 2 fully saturated rings. The van der Waals surface area contributed by atoms with E-state index < -0.39 is 19.8 Å². The Bertz CT molecular complexity index is 392. The molecule has 0 aromatic rings. The first-order valence-corrected chi connectivity index (χ1v) is 13.6. The van der Waals surface area contributed by atoms with Gasteiger partial charge in [0.05, 0.1) is 0 Å². The van der Waals surface area contributed by atoms with E-state index in [1.54, 1.807) is 0 Å². The molecule has 20 heavy (non-hydrogen) atoms. The molecule has 4 heteroatoms. The second kappa shape index (κ2) is 5.85. The summed E-state index contributed by atoms with van der Waals surface area (Å²) < 4.78 is 2.20. The Morgan fingerprint density at radius 2 is 1.90 bits per heavy atom. The summed E-state index contributed by atoms with van der Waals surface area (Å²) in [7, 11) is 0. The van der Waals surface area contributed by atoms with E-state index in [4.69, 9.17) is 0 Å². The van der Waals surface area contributed by atoms with Gasteiger partial charge in [-0.15, -0.1) is 0 Å². The zero-order valence-corrected chi connectivity index (χ0v) is 17.8. The van der Waals surface area contributed by atoms with Crippen LogP contribution in [0.3, 0.4) is 0 Å². The third-order valence-electron chi connectivity index (χ3n) is 4.92. The summed E-state index contributed by atoms with van der Waals surface area (Å²) in [5.41, 5.74) is 0.288. The maximum absolute atomic E-state index is 12.7. The van der Waals surface area contributed by atoms with Crippen LogP contribution in [0, 0.1) is 5.41 Å². The molecule has 0 spiro atoms. The predicted octanol–water partition coefficient (Wildman–Crippen LogP) is 4.56. The molecule has 1 aliphatic heterocycles. The molecular formula is C16H29I2NO. The Kier molecular flexibility index (Phi) is 5.06. The first-order chi connectivity index (χ1) is 9.06. The van der Waals surface area contributed by atoms with Crippen molar-refractivity contribution in [3.05, 3.63) is 0 Å². The van der Waals surface area contributed by atoms with Crippen LogP contribution in [-0.2, 0) is 4.79 Å². The average Bonchev–Trinajstić information content (AvgIpc) is 2.27. The van der Waals surface area contributed by atoms with E-state index in [0.717, 1.165) is 6.42 Å². The van der Waals surface area contributed by atoms with Gasteiger partial charge in [0.15, 0.2) is 0 Å². The van der Waals surface area contributed by atoms with Gasteiger partial charge in [-0.25, -0.2) is 0 Å². The number of fused-ring (bicyclic) bond motifs is 1. The molecule has 118 valence electrons. The van der Waals surface area contributed by atoms with Gasteiger partial charge in [-0.3, -0.25) is 0 Å². The molecule has 1 N–H and O–H groups in total. The number of carbonyl (C=O) groups excluding carboxylic acids is 1. The molecule has 0 aromatic carbocycles. The van der Waals surface area contributed by atoms with E-state index >= 15 is 0 Å². The fourth-order valence-electron chi connectivity index (χ4n) is 3.62. The van der Waals surface area contributed by atoms with Gasteiger partial charge < -0.3 is 0 Å². The van der Waals surface area contributed by atoms with Crippen LogP contribution in [0.15, 0.2) is 0 Å². The topological polar surface area (TPSA) is 29.1 Å². The van der Waals surface area contributed by atoms with E-state index in [9.17, 15) is 4.79 Å². The van der Waals surface area contributed by atoms with Crippen LogP contribution in [0.4, 0.5) is 0 Å². The first-order valence-electron chi connectivity index (χ1n) is 7.62. The summed E-state index contributed by atoms with van der Waals surface area (Å²) in [5, 5.41) is 3.24. The van der Waals surface area contributed by atoms with E-state index in [-0.39, 0.29) is 5.54 Å². The zero-order valence-electron chi connectivity index (χ0n) is 13.5. The maximum atomic E-state index is 12.7. The summed E-state index contributed by atoms with van der Waals surface area (Å²) in [6.07, 6.45) is 6.58. The summed E-state index contributed by atoms with van der Waals surface area (Å²) in [5.74, 6) is 0.343. The van der Waals surface area contributed by atoms with Crippen LogP contribution in [0.5, 0.6) is 0 Å². The number of amides is 1. The number of hydrogen-bond acceptors (Lipinski definition) is 1. The molecule has 3 atom stereocenters. The van der Waals surface area contributed by atoms with E-state index in [1.165, 1.54) is 30.1 Å². The number of alkyl halides is 4. The third-order valence-corrected chi connectivity index (χ3v) is 14.7. The number of carbonyl (C=O) groups is 1. The van der Waals surface area contributed by atoms with E-state index in [1.807, 2.05) is 0 Å². The molecular weight excluding hydrogens is 476 g/mol. The molecule has 0 unspecified atom stereocenters. The average molecular weight is 505 g/mol. The Morgan fingerprint density at radius 3 is 2.50 bits per heavy atom. The predicted molar refractivity (Wildman–Crippen MR) is 104 cm³/mol. The number of rotatable bonds is 1. The monoisotopic (exact) mass is 505 g/mol. The fourth-order valence-corrected chi connectivity index (χ4v) is 14.1. The molecule has 1 heterocycles. The van der Waals surface area contributed by atoms with Crippen LogP contribution in [0.1, 0.15) is 59.8 Å². The quantitative estimate of drug-likeness (QED) is 0.411. The molecule has 1 saturated carbocycles. The molecule has 2 nitrogen and oxygen atoms in total.